The number of rotatable bonds is 7. The van der Waals surface area contributed by atoms with Gasteiger partial charge in [0.2, 0.25) is 0 Å². The molecule has 1 rings (SSSR count). The van der Waals surface area contributed by atoms with Crippen LogP contribution < -0.4 is 5.32 Å². The zero-order valence-electron chi connectivity index (χ0n) is 13.2. The first-order valence-electron chi connectivity index (χ1n) is 7.20. The smallest absolute Gasteiger partial charge is 0.148 e. The summed E-state index contributed by atoms with van der Waals surface area (Å²) in [6, 6.07) is 8.68. The summed E-state index contributed by atoms with van der Waals surface area (Å²) in [6.07, 6.45) is 2.36. The SMILES string of the molecule is CC(C)Cc1ccc(C(C)NC(C)CS(C)(=O)=O)cc1. The molecular weight excluding hydrogens is 270 g/mol. The van der Waals surface area contributed by atoms with Crippen molar-refractivity contribution in [1.29, 1.82) is 0 Å². The van der Waals surface area contributed by atoms with Crippen LogP contribution in [0.5, 0.6) is 0 Å². The molecule has 0 radical (unpaired) electrons. The topological polar surface area (TPSA) is 46.2 Å². The molecule has 2 unspecified atom stereocenters. The summed E-state index contributed by atoms with van der Waals surface area (Å²) in [5.41, 5.74) is 2.54. The summed E-state index contributed by atoms with van der Waals surface area (Å²) in [6.45, 7) is 8.40. The Kier molecular flexibility index (Phi) is 6.21. The monoisotopic (exact) mass is 297 g/mol. The molecule has 0 saturated heterocycles. The maximum Gasteiger partial charge on any atom is 0.148 e. The highest BCUT2D eigenvalue weighted by molar-refractivity contribution is 7.90. The minimum Gasteiger partial charge on any atom is -0.307 e. The molecular formula is C16H27NO2S. The summed E-state index contributed by atoms with van der Waals surface area (Å²) >= 11 is 0. The van der Waals surface area contributed by atoms with Crippen molar-refractivity contribution < 1.29 is 8.42 Å². The van der Waals surface area contributed by atoms with Crippen LogP contribution in [0.2, 0.25) is 0 Å². The fourth-order valence-electron chi connectivity index (χ4n) is 2.44. The van der Waals surface area contributed by atoms with E-state index in [1.165, 1.54) is 17.4 Å². The summed E-state index contributed by atoms with van der Waals surface area (Å²) < 4.78 is 22.5. The third-order valence-corrected chi connectivity index (χ3v) is 4.32. The molecule has 0 heterocycles. The number of benzene rings is 1. The van der Waals surface area contributed by atoms with Gasteiger partial charge in [0.1, 0.15) is 9.84 Å². The van der Waals surface area contributed by atoms with E-state index < -0.39 is 9.84 Å². The molecule has 1 aromatic rings. The first-order chi connectivity index (χ1) is 9.17. The van der Waals surface area contributed by atoms with Crippen LogP contribution in [-0.2, 0) is 16.3 Å². The Hall–Kier alpha value is -0.870. The minimum absolute atomic E-state index is 0.0460. The van der Waals surface area contributed by atoms with Crippen LogP contribution in [-0.4, -0.2) is 26.5 Å². The summed E-state index contributed by atoms with van der Waals surface area (Å²) in [4.78, 5) is 0. The lowest BCUT2D eigenvalue weighted by Gasteiger charge is -2.20. The third-order valence-electron chi connectivity index (χ3n) is 3.21. The van der Waals surface area contributed by atoms with E-state index in [0.717, 1.165) is 6.42 Å². The van der Waals surface area contributed by atoms with E-state index in [9.17, 15) is 8.42 Å². The van der Waals surface area contributed by atoms with Crippen LogP contribution in [0.4, 0.5) is 0 Å². The van der Waals surface area contributed by atoms with E-state index in [-0.39, 0.29) is 17.8 Å². The summed E-state index contributed by atoms with van der Waals surface area (Å²) in [7, 11) is -2.93. The van der Waals surface area contributed by atoms with Crippen LogP contribution in [0.1, 0.15) is 44.9 Å². The number of hydrogen-bond acceptors (Lipinski definition) is 3. The van der Waals surface area contributed by atoms with Crippen molar-refractivity contribution in [1.82, 2.24) is 5.32 Å². The summed E-state index contributed by atoms with van der Waals surface area (Å²) in [5.74, 6) is 0.828. The lowest BCUT2D eigenvalue weighted by Crippen LogP contribution is -2.34. The lowest BCUT2D eigenvalue weighted by molar-refractivity contribution is 0.500. The maximum absolute atomic E-state index is 11.3. The second-order valence-corrected chi connectivity index (χ2v) is 8.41. The van der Waals surface area contributed by atoms with Crippen molar-refractivity contribution in [2.24, 2.45) is 5.92 Å². The quantitative estimate of drug-likeness (QED) is 0.841. The number of nitrogens with one attached hydrogen (secondary N) is 1. The molecule has 20 heavy (non-hydrogen) atoms. The highest BCUT2D eigenvalue weighted by atomic mass is 32.2. The zero-order chi connectivity index (χ0) is 15.3. The van der Waals surface area contributed by atoms with Crippen molar-refractivity contribution in [2.75, 3.05) is 12.0 Å². The second kappa shape index (κ2) is 7.23. The van der Waals surface area contributed by atoms with Crippen LogP contribution >= 0.6 is 0 Å². The second-order valence-electron chi connectivity index (χ2n) is 6.22. The Balaban J connectivity index is 2.61. The molecule has 4 heteroatoms. The predicted molar refractivity (Wildman–Crippen MR) is 85.7 cm³/mol. The standard InChI is InChI=1S/C16H27NO2S/c1-12(2)10-15-6-8-16(9-7-15)14(4)17-13(3)11-20(5,18)19/h6-9,12-14,17H,10-11H2,1-5H3. The molecule has 0 bridgehead atoms. The van der Waals surface area contributed by atoms with Crippen LogP contribution in [0.3, 0.4) is 0 Å². The Morgan fingerprint density at radius 3 is 2.05 bits per heavy atom. The Labute approximate surface area is 123 Å². The van der Waals surface area contributed by atoms with Gasteiger partial charge in [-0.25, -0.2) is 8.42 Å². The van der Waals surface area contributed by atoms with Gasteiger partial charge in [-0.15, -0.1) is 0 Å². The van der Waals surface area contributed by atoms with Crippen molar-refractivity contribution in [2.45, 2.75) is 46.2 Å². The fourth-order valence-corrected chi connectivity index (χ4v) is 3.44. The van der Waals surface area contributed by atoms with Crippen molar-refractivity contribution in [3.63, 3.8) is 0 Å². The predicted octanol–water partition coefficient (Wildman–Crippen LogP) is 2.97. The molecule has 0 aliphatic heterocycles. The van der Waals surface area contributed by atoms with Crippen molar-refractivity contribution in [3.05, 3.63) is 35.4 Å². The van der Waals surface area contributed by atoms with Gasteiger partial charge >= 0.3 is 0 Å². The van der Waals surface area contributed by atoms with E-state index in [1.807, 2.05) is 6.92 Å². The Morgan fingerprint density at radius 2 is 1.60 bits per heavy atom. The molecule has 2 atom stereocenters. The van der Waals surface area contributed by atoms with E-state index in [2.05, 4.69) is 50.4 Å². The van der Waals surface area contributed by atoms with Crippen LogP contribution in [0, 0.1) is 5.92 Å². The molecule has 0 aliphatic carbocycles. The van der Waals surface area contributed by atoms with E-state index in [4.69, 9.17) is 0 Å². The normalized spacial score (nSPS) is 15.3. The van der Waals surface area contributed by atoms with Gasteiger partial charge in [-0.3, -0.25) is 0 Å². The molecule has 1 N–H and O–H groups in total. The average Bonchev–Trinajstić information content (AvgIpc) is 2.26. The molecule has 0 fully saturated rings. The van der Waals surface area contributed by atoms with Crippen molar-refractivity contribution in [3.8, 4) is 0 Å². The van der Waals surface area contributed by atoms with Gasteiger partial charge in [-0.05, 0) is 37.3 Å². The summed E-state index contributed by atoms with van der Waals surface area (Å²) in [5, 5.41) is 3.33. The van der Waals surface area contributed by atoms with Gasteiger partial charge < -0.3 is 5.32 Å². The van der Waals surface area contributed by atoms with Gasteiger partial charge in [0.05, 0.1) is 5.75 Å². The van der Waals surface area contributed by atoms with Gasteiger partial charge in [0.25, 0.3) is 0 Å². The molecule has 0 spiro atoms. The van der Waals surface area contributed by atoms with E-state index >= 15 is 0 Å². The maximum atomic E-state index is 11.3. The van der Waals surface area contributed by atoms with Gasteiger partial charge in [-0.2, -0.15) is 0 Å². The van der Waals surface area contributed by atoms with Gasteiger partial charge in [-0.1, -0.05) is 38.1 Å². The van der Waals surface area contributed by atoms with Gasteiger partial charge in [0.15, 0.2) is 0 Å². The largest absolute Gasteiger partial charge is 0.307 e. The fraction of sp³-hybridized carbons (Fsp3) is 0.625. The highest BCUT2D eigenvalue weighted by Crippen LogP contribution is 2.16. The van der Waals surface area contributed by atoms with Crippen LogP contribution in [0.15, 0.2) is 24.3 Å². The first kappa shape index (κ1) is 17.2. The average molecular weight is 297 g/mol. The molecule has 1 aromatic carbocycles. The Morgan fingerprint density at radius 1 is 1.05 bits per heavy atom. The molecule has 0 aliphatic rings. The zero-order valence-corrected chi connectivity index (χ0v) is 14.0. The molecule has 3 nitrogen and oxygen atoms in total. The van der Waals surface area contributed by atoms with E-state index in [1.54, 1.807) is 0 Å². The number of hydrogen-bond donors (Lipinski definition) is 1. The third kappa shape index (κ3) is 6.53. The van der Waals surface area contributed by atoms with E-state index in [0.29, 0.717) is 5.92 Å². The van der Waals surface area contributed by atoms with Gasteiger partial charge in [0, 0.05) is 18.3 Å². The Bertz CT molecular complexity index is 506. The molecule has 0 saturated carbocycles. The van der Waals surface area contributed by atoms with Crippen molar-refractivity contribution >= 4 is 9.84 Å². The lowest BCUT2D eigenvalue weighted by atomic mass is 10.00. The van der Waals surface area contributed by atoms with Crippen LogP contribution in [0.25, 0.3) is 0 Å². The molecule has 0 aromatic heterocycles. The molecule has 0 amide bonds. The minimum atomic E-state index is -2.93. The highest BCUT2D eigenvalue weighted by Gasteiger charge is 2.14. The first-order valence-corrected chi connectivity index (χ1v) is 9.26. The number of sulfone groups is 1. The molecule has 114 valence electrons.